The zero-order valence-electron chi connectivity index (χ0n) is 18.9. The van der Waals surface area contributed by atoms with Crippen molar-refractivity contribution in [2.24, 2.45) is 5.92 Å². The Morgan fingerprint density at radius 2 is 1.97 bits per heavy atom. The Labute approximate surface area is 194 Å². The summed E-state index contributed by atoms with van der Waals surface area (Å²) in [6.45, 7) is 3.15. The SMILES string of the molecule is C[C@@H]1Cc2c(ccc3[nH]ncc23)[C@@H](c2ccc(OCCN3CC(CF)C3)cn2)N1CC(F)(F)F. The van der Waals surface area contributed by atoms with Crippen LogP contribution in [-0.2, 0) is 6.42 Å². The Morgan fingerprint density at radius 3 is 2.68 bits per heavy atom. The van der Waals surface area contributed by atoms with Crippen molar-refractivity contribution in [2.75, 3.05) is 39.5 Å². The fraction of sp³-hybridized carbons (Fsp3) is 0.500. The second kappa shape index (κ2) is 9.14. The van der Waals surface area contributed by atoms with Crippen LogP contribution in [0.2, 0.25) is 0 Å². The van der Waals surface area contributed by atoms with Gasteiger partial charge in [0.1, 0.15) is 12.4 Å². The maximum absolute atomic E-state index is 13.5. The predicted octanol–water partition coefficient (Wildman–Crippen LogP) is 4.14. The molecule has 4 heterocycles. The summed E-state index contributed by atoms with van der Waals surface area (Å²) in [4.78, 5) is 8.12. The predicted molar refractivity (Wildman–Crippen MR) is 120 cm³/mol. The molecule has 1 saturated heterocycles. The van der Waals surface area contributed by atoms with Crippen LogP contribution in [0.1, 0.15) is 29.8 Å². The Bertz CT molecular complexity index is 1130. The van der Waals surface area contributed by atoms with Crippen LogP contribution < -0.4 is 4.74 Å². The molecule has 1 fully saturated rings. The van der Waals surface area contributed by atoms with Crippen LogP contribution in [0.5, 0.6) is 5.75 Å². The molecule has 0 bridgehead atoms. The van der Waals surface area contributed by atoms with Crippen LogP contribution in [0, 0.1) is 5.92 Å². The van der Waals surface area contributed by atoms with Gasteiger partial charge in [-0.1, -0.05) is 6.07 Å². The molecule has 0 unspecified atom stereocenters. The van der Waals surface area contributed by atoms with Crippen LogP contribution >= 0.6 is 0 Å². The summed E-state index contributed by atoms with van der Waals surface area (Å²) in [6.07, 6.45) is -0.531. The van der Waals surface area contributed by atoms with Crippen molar-refractivity contribution in [3.8, 4) is 5.75 Å². The number of ether oxygens (including phenoxy) is 1. The number of hydrogen-bond donors (Lipinski definition) is 1. The topological polar surface area (TPSA) is 57.3 Å². The number of nitrogens with one attached hydrogen (secondary N) is 1. The number of nitrogens with zero attached hydrogens (tertiary/aromatic N) is 4. The van der Waals surface area contributed by atoms with Crippen molar-refractivity contribution in [1.29, 1.82) is 0 Å². The molecule has 1 aromatic carbocycles. The molecule has 2 aliphatic heterocycles. The molecule has 34 heavy (non-hydrogen) atoms. The summed E-state index contributed by atoms with van der Waals surface area (Å²) in [6, 6.07) is 6.27. The third-order valence-electron chi connectivity index (χ3n) is 6.79. The molecule has 0 aliphatic carbocycles. The number of rotatable bonds is 7. The molecular formula is C24H27F4N5O. The Kier molecular flexibility index (Phi) is 6.20. The summed E-state index contributed by atoms with van der Waals surface area (Å²) in [7, 11) is 0. The highest BCUT2D eigenvalue weighted by molar-refractivity contribution is 5.83. The highest BCUT2D eigenvalue weighted by Gasteiger charge is 2.41. The first-order valence-corrected chi connectivity index (χ1v) is 11.5. The van der Waals surface area contributed by atoms with Crippen molar-refractivity contribution in [3.05, 3.63) is 53.5 Å². The van der Waals surface area contributed by atoms with Crippen LogP contribution in [0.25, 0.3) is 10.9 Å². The van der Waals surface area contributed by atoms with E-state index in [1.165, 1.54) is 4.90 Å². The van der Waals surface area contributed by atoms with Gasteiger partial charge in [0.2, 0.25) is 0 Å². The van der Waals surface area contributed by atoms with E-state index in [9.17, 15) is 17.6 Å². The molecule has 6 nitrogen and oxygen atoms in total. The number of aromatic nitrogens is 3. The van der Waals surface area contributed by atoms with Crippen LogP contribution in [0.3, 0.4) is 0 Å². The van der Waals surface area contributed by atoms with Gasteiger partial charge >= 0.3 is 6.18 Å². The molecule has 0 saturated carbocycles. The van der Waals surface area contributed by atoms with E-state index in [0.717, 1.165) is 35.1 Å². The van der Waals surface area contributed by atoms with E-state index in [1.54, 1.807) is 24.5 Å². The normalized spacial score (nSPS) is 22.0. The molecular weight excluding hydrogens is 450 g/mol. The minimum Gasteiger partial charge on any atom is -0.491 e. The third-order valence-corrected chi connectivity index (χ3v) is 6.79. The lowest BCUT2D eigenvalue weighted by Crippen LogP contribution is -2.49. The molecule has 0 spiro atoms. The van der Waals surface area contributed by atoms with Crippen molar-refractivity contribution < 1.29 is 22.3 Å². The highest BCUT2D eigenvalue weighted by Crippen LogP contribution is 2.41. The second-order valence-corrected chi connectivity index (χ2v) is 9.25. The van der Waals surface area contributed by atoms with Crippen LogP contribution in [0.4, 0.5) is 17.6 Å². The molecule has 182 valence electrons. The minimum atomic E-state index is -4.33. The molecule has 2 atom stereocenters. The van der Waals surface area contributed by atoms with Gasteiger partial charge in [0, 0.05) is 37.0 Å². The fourth-order valence-corrected chi connectivity index (χ4v) is 5.09. The smallest absolute Gasteiger partial charge is 0.401 e. The average Bonchev–Trinajstić information content (AvgIpc) is 3.25. The minimum absolute atomic E-state index is 0.129. The third kappa shape index (κ3) is 4.61. The number of halogens is 4. The van der Waals surface area contributed by atoms with Gasteiger partial charge in [-0.05, 0) is 42.7 Å². The molecule has 5 rings (SSSR count). The molecule has 3 aromatic rings. The summed E-state index contributed by atoms with van der Waals surface area (Å²) >= 11 is 0. The number of fused-ring (bicyclic) bond motifs is 3. The molecule has 10 heteroatoms. The van der Waals surface area contributed by atoms with Gasteiger partial charge in [-0.3, -0.25) is 24.3 Å². The first-order valence-electron chi connectivity index (χ1n) is 11.5. The number of pyridine rings is 1. The average molecular weight is 478 g/mol. The standard InChI is InChI=1S/C24H27F4N5O/c1-15-8-19-18(3-5-21-20(19)11-30-31-21)23(33(15)14-24(26,27)28)22-4-2-17(10-29-22)34-7-6-32-12-16(9-25)13-32/h2-5,10-11,15-16,23H,6-9,12-14H2,1H3,(H,30,31)/t15-,23+/m1/s1. The van der Waals surface area contributed by atoms with Gasteiger partial charge in [-0.2, -0.15) is 18.3 Å². The van der Waals surface area contributed by atoms with E-state index in [4.69, 9.17) is 4.74 Å². The number of H-pyrrole nitrogens is 1. The highest BCUT2D eigenvalue weighted by atomic mass is 19.4. The molecule has 2 aromatic heterocycles. The zero-order chi connectivity index (χ0) is 23.9. The maximum atomic E-state index is 13.5. The van der Waals surface area contributed by atoms with Crippen molar-refractivity contribution in [2.45, 2.75) is 31.6 Å². The largest absolute Gasteiger partial charge is 0.491 e. The Morgan fingerprint density at radius 1 is 1.15 bits per heavy atom. The van der Waals surface area contributed by atoms with Gasteiger partial charge < -0.3 is 4.74 Å². The summed E-state index contributed by atoms with van der Waals surface area (Å²) in [5.41, 5.74) is 3.23. The lowest BCUT2D eigenvalue weighted by atomic mass is 9.85. The molecule has 1 N–H and O–H groups in total. The van der Waals surface area contributed by atoms with Gasteiger partial charge in [0.25, 0.3) is 0 Å². The van der Waals surface area contributed by atoms with E-state index < -0.39 is 18.8 Å². The number of hydrogen-bond acceptors (Lipinski definition) is 5. The van der Waals surface area contributed by atoms with E-state index in [2.05, 4.69) is 20.1 Å². The van der Waals surface area contributed by atoms with Crippen LogP contribution in [-0.4, -0.2) is 76.7 Å². The second-order valence-electron chi connectivity index (χ2n) is 9.25. The number of aromatic amines is 1. The first kappa shape index (κ1) is 23.0. The molecule has 2 aliphatic rings. The van der Waals surface area contributed by atoms with Crippen LogP contribution in [0.15, 0.2) is 36.7 Å². The van der Waals surface area contributed by atoms with Gasteiger partial charge in [-0.15, -0.1) is 0 Å². The van der Waals surface area contributed by atoms with Gasteiger partial charge in [-0.25, -0.2) is 0 Å². The Hall–Kier alpha value is -2.72. The lowest BCUT2D eigenvalue weighted by molar-refractivity contribution is -0.155. The summed E-state index contributed by atoms with van der Waals surface area (Å²) < 4.78 is 58.8. The summed E-state index contributed by atoms with van der Waals surface area (Å²) in [5, 5.41) is 7.98. The fourth-order valence-electron chi connectivity index (χ4n) is 5.09. The Balaban J connectivity index is 1.38. The summed E-state index contributed by atoms with van der Waals surface area (Å²) in [5.74, 6) is 0.688. The zero-order valence-corrected chi connectivity index (χ0v) is 18.9. The number of benzene rings is 1. The van der Waals surface area contributed by atoms with E-state index >= 15 is 0 Å². The van der Waals surface area contributed by atoms with Gasteiger partial charge in [0.05, 0.1) is 42.9 Å². The van der Waals surface area contributed by atoms with E-state index in [-0.39, 0.29) is 18.6 Å². The van der Waals surface area contributed by atoms with E-state index in [0.29, 0.717) is 31.0 Å². The number of alkyl halides is 4. The first-order chi connectivity index (χ1) is 16.3. The molecule has 0 radical (unpaired) electrons. The lowest BCUT2D eigenvalue weighted by Gasteiger charge is -2.42. The van der Waals surface area contributed by atoms with Crippen molar-refractivity contribution >= 4 is 10.9 Å². The molecule has 0 amide bonds. The monoisotopic (exact) mass is 477 g/mol. The maximum Gasteiger partial charge on any atom is 0.401 e. The van der Waals surface area contributed by atoms with Gasteiger partial charge in [0.15, 0.2) is 0 Å². The van der Waals surface area contributed by atoms with E-state index in [1.807, 2.05) is 19.1 Å². The number of likely N-dealkylation sites (tertiary alicyclic amines) is 1. The van der Waals surface area contributed by atoms with Crippen molar-refractivity contribution in [1.82, 2.24) is 25.0 Å². The quantitative estimate of drug-likeness (QED) is 0.519. The van der Waals surface area contributed by atoms with Crippen molar-refractivity contribution in [3.63, 3.8) is 0 Å².